The summed E-state index contributed by atoms with van der Waals surface area (Å²) in [5.74, 6) is 1.39. The van der Waals surface area contributed by atoms with Crippen molar-refractivity contribution in [2.45, 2.75) is 78.3 Å². The number of imidazole rings is 1. The highest BCUT2D eigenvalue weighted by molar-refractivity contribution is 7.09. The first-order valence-corrected chi connectivity index (χ1v) is 17.6. The Labute approximate surface area is 272 Å². The van der Waals surface area contributed by atoms with Crippen LogP contribution in [0, 0.1) is 11.8 Å². The standard InChI is InChI=1S/C37H49N5O2S/c1-5-30(6-2)42-34-15-14-29(22-32(34)39-35(42)23-31-13-10-20-45-31)36(43)40-33(21-26(3)4)37(44)38-24-28-17-19-41(25-28)18-16-27-11-8-7-9-12-27/h7-15,20,22,26,28,30,33H,5-6,16-19,21,23-25H2,1-4H3,(H,38,44)(H,40,43)/t28?,33-/m0/s1. The van der Waals surface area contributed by atoms with Crippen LogP contribution >= 0.6 is 11.3 Å². The SMILES string of the molecule is CCC(CC)n1c(Cc2cccs2)nc2cc(C(=O)N[C@@H](CC(C)C)C(=O)NCC3CCN(CCc4ccccc4)C3)ccc21. The Morgan fingerprint density at radius 3 is 2.56 bits per heavy atom. The number of carbonyl (C=O) groups is 2. The Morgan fingerprint density at radius 1 is 1.04 bits per heavy atom. The van der Waals surface area contributed by atoms with E-state index in [0.29, 0.717) is 30.5 Å². The van der Waals surface area contributed by atoms with E-state index in [1.54, 1.807) is 11.3 Å². The molecule has 8 heteroatoms. The van der Waals surface area contributed by atoms with Crippen LogP contribution < -0.4 is 10.6 Å². The summed E-state index contributed by atoms with van der Waals surface area (Å²) in [4.78, 5) is 35.7. The highest BCUT2D eigenvalue weighted by Gasteiger charge is 2.27. The van der Waals surface area contributed by atoms with Gasteiger partial charge in [0.2, 0.25) is 5.91 Å². The lowest BCUT2D eigenvalue weighted by Gasteiger charge is -2.22. The van der Waals surface area contributed by atoms with Gasteiger partial charge in [0.15, 0.2) is 0 Å². The van der Waals surface area contributed by atoms with E-state index in [4.69, 9.17) is 4.98 Å². The van der Waals surface area contributed by atoms with Crippen LogP contribution in [-0.2, 0) is 17.6 Å². The molecule has 2 N–H and O–H groups in total. The fourth-order valence-corrected chi connectivity index (χ4v) is 7.27. The second-order valence-electron chi connectivity index (χ2n) is 12.9. The molecule has 4 aromatic rings. The minimum absolute atomic E-state index is 0.0999. The second-order valence-corrected chi connectivity index (χ2v) is 14.0. The average Bonchev–Trinajstić information content (AvgIpc) is 3.80. The van der Waals surface area contributed by atoms with Gasteiger partial charge in [0.1, 0.15) is 11.9 Å². The van der Waals surface area contributed by atoms with Crippen LogP contribution in [0.15, 0.2) is 66.0 Å². The lowest BCUT2D eigenvalue weighted by molar-refractivity contribution is -0.123. The number of nitrogens with one attached hydrogen (secondary N) is 2. The zero-order chi connectivity index (χ0) is 31.8. The molecule has 1 aliphatic rings. The molecule has 3 heterocycles. The van der Waals surface area contributed by atoms with Crippen molar-refractivity contribution in [1.29, 1.82) is 0 Å². The van der Waals surface area contributed by atoms with E-state index in [9.17, 15) is 9.59 Å². The monoisotopic (exact) mass is 627 g/mol. The number of rotatable bonds is 15. The van der Waals surface area contributed by atoms with E-state index >= 15 is 0 Å². The lowest BCUT2D eigenvalue weighted by Crippen LogP contribution is -2.48. The van der Waals surface area contributed by atoms with Crippen molar-refractivity contribution in [2.75, 3.05) is 26.2 Å². The summed E-state index contributed by atoms with van der Waals surface area (Å²) < 4.78 is 2.36. The fourth-order valence-electron chi connectivity index (χ4n) is 6.57. The molecule has 1 saturated heterocycles. The zero-order valence-electron chi connectivity index (χ0n) is 27.3. The van der Waals surface area contributed by atoms with Gasteiger partial charge in [-0.2, -0.15) is 0 Å². The average molecular weight is 628 g/mol. The zero-order valence-corrected chi connectivity index (χ0v) is 28.1. The Balaban J connectivity index is 1.22. The van der Waals surface area contributed by atoms with Crippen molar-refractivity contribution in [3.05, 3.63) is 87.9 Å². The van der Waals surface area contributed by atoms with Crippen molar-refractivity contribution in [1.82, 2.24) is 25.1 Å². The van der Waals surface area contributed by atoms with Crippen LogP contribution in [0.1, 0.15) is 86.0 Å². The maximum atomic E-state index is 13.5. The van der Waals surface area contributed by atoms with Crippen LogP contribution in [0.3, 0.4) is 0 Å². The Hall–Kier alpha value is -3.49. The number of hydrogen-bond donors (Lipinski definition) is 2. The van der Waals surface area contributed by atoms with Gasteiger partial charge < -0.3 is 20.1 Å². The Morgan fingerprint density at radius 2 is 1.84 bits per heavy atom. The molecule has 2 aromatic carbocycles. The second kappa shape index (κ2) is 15.7. The van der Waals surface area contributed by atoms with Crippen molar-refractivity contribution < 1.29 is 9.59 Å². The number of benzene rings is 2. The Kier molecular flexibility index (Phi) is 11.5. The fraction of sp³-hybridized carbons (Fsp3) is 0.486. The number of hydrogen-bond acceptors (Lipinski definition) is 5. The molecule has 7 nitrogen and oxygen atoms in total. The first kappa shape index (κ1) is 32.9. The minimum atomic E-state index is -0.583. The predicted molar refractivity (Wildman–Crippen MR) is 185 cm³/mol. The van der Waals surface area contributed by atoms with Gasteiger partial charge in [-0.15, -0.1) is 11.3 Å². The van der Waals surface area contributed by atoms with Gasteiger partial charge in [-0.05, 0) is 85.7 Å². The Bertz CT molecular complexity index is 1530. The van der Waals surface area contributed by atoms with Crippen molar-refractivity contribution >= 4 is 34.2 Å². The van der Waals surface area contributed by atoms with Gasteiger partial charge in [0, 0.05) is 42.5 Å². The largest absolute Gasteiger partial charge is 0.354 e. The molecule has 0 aliphatic carbocycles. The number of amides is 2. The normalized spacial score (nSPS) is 16.1. The third-order valence-corrected chi connectivity index (χ3v) is 9.94. The molecular weight excluding hydrogens is 579 g/mol. The maximum absolute atomic E-state index is 13.5. The van der Waals surface area contributed by atoms with Gasteiger partial charge in [-0.25, -0.2) is 4.98 Å². The predicted octanol–water partition coefficient (Wildman–Crippen LogP) is 6.88. The van der Waals surface area contributed by atoms with E-state index in [1.165, 1.54) is 10.4 Å². The van der Waals surface area contributed by atoms with E-state index in [2.05, 4.69) is 95.6 Å². The highest BCUT2D eigenvalue weighted by atomic mass is 32.1. The summed E-state index contributed by atoms with van der Waals surface area (Å²) in [5.41, 5.74) is 3.77. The molecular formula is C37H49N5O2S. The highest BCUT2D eigenvalue weighted by Crippen LogP contribution is 2.28. The lowest BCUT2D eigenvalue weighted by atomic mass is 10.0. The van der Waals surface area contributed by atoms with Crippen LogP contribution in [0.5, 0.6) is 0 Å². The molecule has 1 unspecified atom stereocenters. The number of likely N-dealkylation sites (tertiary alicyclic amines) is 1. The summed E-state index contributed by atoms with van der Waals surface area (Å²) in [6, 6.07) is 20.4. The van der Waals surface area contributed by atoms with Gasteiger partial charge in [0.25, 0.3) is 5.91 Å². The summed E-state index contributed by atoms with van der Waals surface area (Å²) in [7, 11) is 0. The molecule has 5 rings (SSSR count). The van der Waals surface area contributed by atoms with Crippen LogP contribution in [0.25, 0.3) is 11.0 Å². The first-order chi connectivity index (χ1) is 21.8. The van der Waals surface area contributed by atoms with Gasteiger partial charge in [-0.3, -0.25) is 9.59 Å². The summed E-state index contributed by atoms with van der Waals surface area (Å²) in [5, 5.41) is 8.33. The molecule has 45 heavy (non-hydrogen) atoms. The molecule has 1 aliphatic heterocycles. The van der Waals surface area contributed by atoms with E-state index in [1.807, 2.05) is 18.2 Å². The smallest absolute Gasteiger partial charge is 0.252 e. The summed E-state index contributed by atoms with van der Waals surface area (Å²) in [6.07, 6.45) is 5.51. The minimum Gasteiger partial charge on any atom is -0.354 e. The van der Waals surface area contributed by atoms with Crippen molar-refractivity contribution in [3.63, 3.8) is 0 Å². The number of aromatic nitrogens is 2. The molecule has 0 radical (unpaired) electrons. The third kappa shape index (κ3) is 8.61. The first-order valence-electron chi connectivity index (χ1n) is 16.7. The summed E-state index contributed by atoms with van der Waals surface area (Å²) >= 11 is 1.74. The van der Waals surface area contributed by atoms with Crippen LogP contribution in [0.4, 0.5) is 0 Å². The summed E-state index contributed by atoms with van der Waals surface area (Å²) in [6.45, 7) is 12.3. The van der Waals surface area contributed by atoms with Gasteiger partial charge >= 0.3 is 0 Å². The van der Waals surface area contributed by atoms with Crippen LogP contribution in [0.2, 0.25) is 0 Å². The molecule has 0 bridgehead atoms. The third-order valence-electron chi connectivity index (χ3n) is 9.07. The topological polar surface area (TPSA) is 79.3 Å². The molecule has 0 saturated carbocycles. The molecule has 240 valence electrons. The molecule has 0 spiro atoms. The van der Waals surface area contributed by atoms with Crippen LogP contribution in [-0.4, -0.2) is 58.5 Å². The van der Waals surface area contributed by atoms with Crippen molar-refractivity contribution in [3.8, 4) is 0 Å². The number of thiophene rings is 1. The molecule has 2 aromatic heterocycles. The number of carbonyl (C=O) groups excluding carboxylic acids is 2. The number of fused-ring (bicyclic) bond motifs is 1. The molecule has 2 atom stereocenters. The molecule has 1 fully saturated rings. The number of nitrogens with zero attached hydrogens (tertiary/aromatic N) is 3. The van der Waals surface area contributed by atoms with E-state index < -0.39 is 6.04 Å². The molecule has 2 amide bonds. The van der Waals surface area contributed by atoms with E-state index in [-0.39, 0.29) is 17.7 Å². The van der Waals surface area contributed by atoms with Gasteiger partial charge in [0.05, 0.1) is 11.0 Å². The quantitative estimate of drug-likeness (QED) is 0.151. The van der Waals surface area contributed by atoms with Gasteiger partial charge in [-0.1, -0.05) is 64.1 Å². The van der Waals surface area contributed by atoms with Crippen molar-refractivity contribution in [2.24, 2.45) is 11.8 Å². The maximum Gasteiger partial charge on any atom is 0.252 e. The van der Waals surface area contributed by atoms with E-state index in [0.717, 1.165) is 68.6 Å².